The summed E-state index contributed by atoms with van der Waals surface area (Å²) in [5.74, 6) is 0.483. The van der Waals surface area contributed by atoms with Crippen LogP contribution < -0.4 is 0 Å². The predicted molar refractivity (Wildman–Crippen MR) is 65.9 cm³/mol. The highest BCUT2D eigenvalue weighted by molar-refractivity contribution is 7.09. The Kier molecular flexibility index (Phi) is 3.62. The van der Waals surface area contributed by atoms with Crippen LogP contribution in [-0.2, 0) is 12.3 Å². The van der Waals surface area contributed by atoms with Crippen molar-refractivity contribution in [3.8, 4) is 0 Å². The van der Waals surface area contributed by atoms with E-state index in [-0.39, 0.29) is 0 Å². The van der Waals surface area contributed by atoms with Crippen LogP contribution in [0.25, 0.3) is 0 Å². The van der Waals surface area contributed by atoms with Crippen LogP contribution in [0, 0.1) is 0 Å². The maximum absolute atomic E-state index is 5.81. The zero-order valence-electron chi connectivity index (χ0n) is 7.91. The lowest BCUT2D eigenvalue weighted by atomic mass is 10.2. The molecule has 2 rings (SSSR count). The molecular weight excluding hydrogens is 249 g/mol. The number of halogens is 2. The standard InChI is InChI=1S/C11H9Cl2NS/c12-6-10-7-15-11(14-10)5-8-1-3-9(13)4-2-8/h1-4,7H,5-6H2. The number of thiazole rings is 1. The number of hydrogen-bond donors (Lipinski definition) is 0. The number of hydrogen-bond acceptors (Lipinski definition) is 2. The Labute approximate surface area is 103 Å². The van der Waals surface area contributed by atoms with Crippen LogP contribution >= 0.6 is 34.5 Å². The minimum atomic E-state index is 0.483. The summed E-state index contributed by atoms with van der Waals surface area (Å²) in [6, 6.07) is 7.83. The third-order valence-electron chi connectivity index (χ3n) is 2.00. The minimum Gasteiger partial charge on any atom is -0.245 e. The normalized spacial score (nSPS) is 10.5. The van der Waals surface area contributed by atoms with Crippen molar-refractivity contribution in [3.63, 3.8) is 0 Å². The average Bonchev–Trinajstić information content (AvgIpc) is 2.69. The molecule has 2 aromatic rings. The van der Waals surface area contributed by atoms with Gasteiger partial charge in [0.05, 0.1) is 16.6 Å². The van der Waals surface area contributed by atoms with Gasteiger partial charge in [0.25, 0.3) is 0 Å². The van der Waals surface area contributed by atoms with Crippen molar-refractivity contribution < 1.29 is 0 Å². The van der Waals surface area contributed by atoms with Gasteiger partial charge in [0.2, 0.25) is 0 Å². The molecule has 0 aliphatic rings. The second kappa shape index (κ2) is 4.97. The summed E-state index contributed by atoms with van der Waals surface area (Å²) in [4.78, 5) is 4.40. The summed E-state index contributed by atoms with van der Waals surface area (Å²) in [7, 11) is 0. The van der Waals surface area contributed by atoms with Crippen LogP contribution in [0.5, 0.6) is 0 Å². The van der Waals surface area contributed by atoms with Crippen LogP contribution in [-0.4, -0.2) is 4.98 Å². The van der Waals surface area contributed by atoms with Crippen molar-refractivity contribution in [2.75, 3.05) is 0 Å². The van der Waals surface area contributed by atoms with Gasteiger partial charge in [0.1, 0.15) is 0 Å². The fourth-order valence-corrected chi connectivity index (χ4v) is 2.45. The Balaban J connectivity index is 2.11. The van der Waals surface area contributed by atoms with Crippen molar-refractivity contribution in [3.05, 3.63) is 50.9 Å². The van der Waals surface area contributed by atoms with Gasteiger partial charge in [0.15, 0.2) is 0 Å². The first-order valence-electron chi connectivity index (χ1n) is 4.51. The molecule has 0 fully saturated rings. The number of nitrogens with zero attached hydrogens (tertiary/aromatic N) is 1. The maximum Gasteiger partial charge on any atom is 0.0972 e. The predicted octanol–water partition coefficient (Wildman–Crippen LogP) is 4.13. The molecule has 0 spiro atoms. The Bertz CT molecular complexity index is 436. The second-order valence-electron chi connectivity index (χ2n) is 3.17. The average molecular weight is 258 g/mol. The van der Waals surface area contributed by atoms with E-state index in [1.807, 2.05) is 29.6 Å². The van der Waals surface area contributed by atoms with Crippen molar-refractivity contribution >= 4 is 34.5 Å². The quantitative estimate of drug-likeness (QED) is 0.754. The van der Waals surface area contributed by atoms with Crippen molar-refractivity contribution in [2.45, 2.75) is 12.3 Å². The first-order valence-corrected chi connectivity index (χ1v) is 6.31. The molecule has 78 valence electrons. The van der Waals surface area contributed by atoms with E-state index in [2.05, 4.69) is 4.98 Å². The van der Waals surface area contributed by atoms with Crippen LogP contribution in [0.1, 0.15) is 16.3 Å². The highest BCUT2D eigenvalue weighted by atomic mass is 35.5. The lowest BCUT2D eigenvalue weighted by molar-refractivity contribution is 1.09. The van der Waals surface area contributed by atoms with Gasteiger partial charge in [-0.25, -0.2) is 4.98 Å². The second-order valence-corrected chi connectivity index (χ2v) is 4.82. The van der Waals surface area contributed by atoms with Gasteiger partial charge in [-0.15, -0.1) is 22.9 Å². The highest BCUT2D eigenvalue weighted by Crippen LogP contribution is 2.17. The van der Waals surface area contributed by atoms with E-state index in [0.717, 1.165) is 22.1 Å². The molecule has 1 nitrogen and oxygen atoms in total. The minimum absolute atomic E-state index is 0.483. The molecular formula is C11H9Cl2NS. The van der Waals surface area contributed by atoms with Gasteiger partial charge in [-0.05, 0) is 17.7 Å². The SMILES string of the molecule is ClCc1csc(Cc2ccc(Cl)cc2)n1. The summed E-state index contributed by atoms with van der Waals surface area (Å²) in [6.45, 7) is 0. The van der Waals surface area contributed by atoms with Gasteiger partial charge in [0, 0.05) is 16.8 Å². The van der Waals surface area contributed by atoms with E-state index in [0.29, 0.717) is 5.88 Å². The molecule has 4 heteroatoms. The number of rotatable bonds is 3. The molecule has 0 saturated carbocycles. The lowest BCUT2D eigenvalue weighted by Gasteiger charge is -1.97. The summed E-state index contributed by atoms with van der Waals surface area (Å²) in [5, 5.41) is 3.85. The Morgan fingerprint density at radius 2 is 1.93 bits per heavy atom. The zero-order chi connectivity index (χ0) is 10.7. The molecule has 1 aromatic heterocycles. The van der Waals surface area contributed by atoms with E-state index in [4.69, 9.17) is 23.2 Å². The van der Waals surface area contributed by atoms with Crippen LogP contribution in [0.4, 0.5) is 0 Å². The Hall–Kier alpha value is -0.570. The first kappa shape index (κ1) is 10.9. The third kappa shape index (κ3) is 2.94. The molecule has 0 bridgehead atoms. The summed E-state index contributed by atoms with van der Waals surface area (Å²) in [5.41, 5.74) is 2.17. The van der Waals surface area contributed by atoms with Crippen molar-refractivity contribution in [2.24, 2.45) is 0 Å². The molecule has 0 unspecified atom stereocenters. The fraction of sp³-hybridized carbons (Fsp3) is 0.182. The molecule has 15 heavy (non-hydrogen) atoms. The lowest BCUT2D eigenvalue weighted by Crippen LogP contribution is -1.87. The van der Waals surface area contributed by atoms with E-state index >= 15 is 0 Å². The molecule has 0 atom stereocenters. The smallest absolute Gasteiger partial charge is 0.0972 e. The van der Waals surface area contributed by atoms with Crippen molar-refractivity contribution in [1.82, 2.24) is 4.98 Å². The van der Waals surface area contributed by atoms with Crippen LogP contribution in [0.3, 0.4) is 0 Å². The fourth-order valence-electron chi connectivity index (χ4n) is 1.27. The van der Waals surface area contributed by atoms with Crippen LogP contribution in [0.2, 0.25) is 5.02 Å². The third-order valence-corrected chi connectivity index (χ3v) is 3.43. The van der Waals surface area contributed by atoms with Gasteiger partial charge >= 0.3 is 0 Å². The Morgan fingerprint density at radius 1 is 1.20 bits per heavy atom. The Morgan fingerprint density at radius 3 is 2.53 bits per heavy atom. The maximum atomic E-state index is 5.81. The molecule has 0 N–H and O–H groups in total. The van der Waals surface area contributed by atoms with Gasteiger partial charge < -0.3 is 0 Å². The molecule has 0 aliphatic heterocycles. The number of benzene rings is 1. The van der Waals surface area contributed by atoms with Gasteiger partial charge in [-0.3, -0.25) is 0 Å². The summed E-state index contributed by atoms with van der Waals surface area (Å²) in [6.07, 6.45) is 0.846. The summed E-state index contributed by atoms with van der Waals surface area (Å²) < 4.78 is 0. The largest absolute Gasteiger partial charge is 0.245 e. The van der Waals surface area contributed by atoms with E-state index in [9.17, 15) is 0 Å². The molecule has 0 amide bonds. The molecule has 0 radical (unpaired) electrons. The van der Waals surface area contributed by atoms with Crippen molar-refractivity contribution in [1.29, 1.82) is 0 Å². The van der Waals surface area contributed by atoms with E-state index in [1.54, 1.807) is 11.3 Å². The topological polar surface area (TPSA) is 12.9 Å². The van der Waals surface area contributed by atoms with Gasteiger partial charge in [-0.1, -0.05) is 23.7 Å². The van der Waals surface area contributed by atoms with E-state index in [1.165, 1.54) is 5.56 Å². The monoisotopic (exact) mass is 257 g/mol. The van der Waals surface area contributed by atoms with Gasteiger partial charge in [-0.2, -0.15) is 0 Å². The number of alkyl halides is 1. The molecule has 1 aromatic carbocycles. The summed E-state index contributed by atoms with van der Waals surface area (Å²) >= 11 is 13.1. The highest BCUT2D eigenvalue weighted by Gasteiger charge is 2.02. The van der Waals surface area contributed by atoms with Crippen LogP contribution in [0.15, 0.2) is 29.6 Å². The molecule has 0 aliphatic carbocycles. The molecule has 1 heterocycles. The molecule has 0 saturated heterocycles. The zero-order valence-corrected chi connectivity index (χ0v) is 10.2. The number of aromatic nitrogens is 1. The van der Waals surface area contributed by atoms with E-state index < -0.39 is 0 Å². The first-order chi connectivity index (χ1) is 7.28.